The maximum absolute atomic E-state index is 12.9. The van der Waals surface area contributed by atoms with Crippen LogP contribution < -0.4 is 20.4 Å². The minimum absolute atomic E-state index is 0.0733. The fourth-order valence-electron chi connectivity index (χ4n) is 9.21. The molecule has 8 rings (SSSR count). The molecule has 2 aromatic carbocycles. The van der Waals surface area contributed by atoms with Gasteiger partial charge in [0.05, 0.1) is 20.8 Å². The average Bonchev–Trinajstić information content (AvgIpc) is 3.85. The number of benzene rings is 2. The number of hydrogen-bond donors (Lipinski definition) is 2. The van der Waals surface area contributed by atoms with Crippen molar-refractivity contribution in [2.24, 2.45) is 11.8 Å². The highest BCUT2D eigenvalue weighted by molar-refractivity contribution is 7.18. The van der Waals surface area contributed by atoms with E-state index in [4.69, 9.17) is 0 Å². The van der Waals surface area contributed by atoms with Crippen molar-refractivity contribution in [1.82, 2.24) is 20.4 Å². The first-order valence-electron chi connectivity index (χ1n) is 19.6. The fraction of sp³-hybridized carbons (Fsp3) is 0.585. The lowest BCUT2D eigenvalue weighted by Gasteiger charge is -2.37. The number of amides is 2. The molecule has 0 unspecified atom stereocenters. The van der Waals surface area contributed by atoms with Crippen LogP contribution in [-0.2, 0) is 0 Å². The Morgan fingerprint density at radius 2 is 0.980 bits per heavy atom. The third-order valence-corrected chi connectivity index (χ3v) is 14.3. The van der Waals surface area contributed by atoms with Crippen molar-refractivity contribution in [3.05, 3.63) is 59.3 Å². The molecule has 4 fully saturated rings. The normalized spacial score (nSPS) is 25.7. The van der Waals surface area contributed by atoms with Crippen LogP contribution in [0.1, 0.15) is 64.2 Å². The molecule has 2 aliphatic heterocycles. The summed E-state index contributed by atoms with van der Waals surface area (Å²) in [4.78, 5) is 23.5. The van der Waals surface area contributed by atoms with Crippen LogP contribution in [0.5, 0.6) is 0 Å². The number of rotatable bonds is 10. The lowest BCUT2D eigenvalue weighted by atomic mass is 9.83. The van der Waals surface area contributed by atoms with Crippen molar-refractivity contribution in [2.75, 3.05) is 75.2 Å². The van der Waals surface area contributed by atoms with Gasteiger partial charge in [0.25, 0.3) is 0 Å². The second-order valence-corrected chi connectivity index (χ2v) is 17.4. The molecule has 7 nitrogen and oxygen atoms in total. The summed E-state index contributed by atoms with van der Waals surface area (Å²) in [6, 6.07) is 18.7. The summed E-state index contributed by atoms with van der Waals surface area (Å²) in [5.74, 6) is 1.60. The lowest BCUT2D eigenvalue weighted by molar-refractivity contribution is 0.196. The Labute approximate surface area is 307 Å². The number of nitrogens with zero attached hydrogens (tertiary/aromatic N) is 4. The molecule has 0 spiro atoms. The number of carbonyl (C=O) groups is 1. The first kappa shape index (κ1) is 34.2. The number of thiophene rings is 2. The Morgan fingerprint density at radius 3 is 1.40 bits per heavy atom. The molecule has 268 valence electrons. The highest BCUT2D eigenvalue weighted by atomic mass is 32.1. The van der Waals surface area contributed by atoms with Crippen LogP contribution in [0.25, 0.3) is 20.2 Å². The minimum atomic E-state index is 0.0733. The Kier molecular flexibility index (Phi) is 11.1. The molecular formula is C41H56N6OS2. The number of piperazine rings is 2. The van der Waals surface area contributed by atoms with Crippen molar-refractivity contribution in [3.8, 4) is 0 Å². The van der Waals surface area contributed by atoms with Crippen LogP contribution in [0, 0.1) is 11.8 Å². The predicted octanol–water partition coefficient (Wildman–Crippen LogP) is 8.26. The molecule has 2 amide bonds. The van der Waals surface area contributed by atoms with E-state index in [1.807, 2.05) is 22.7 Å². The first-order valence-corrected chi connectivity index (χ1v) is 21.3. The molecule has 2 saturated heterocycles. The van der Waals surface area contributed by atoms with E-state index >= 15 is 0 Å². The standard InChI is InChI=1S/C41H56N6OS2/c48-41(42-35-11-7-31(8-12-35)15-19-44-21-25-46(26-22-44)37-5-1-3-33-17-29-49-39(33)37)43-36-13-9-32(10-14-36)16-20-45-23-27-47(28-24-45)38-6-2-4-34-18-30-50-40(34)38/h1-6,17-18,29-32,35-36H,7-16,19-28H2,(H2,42,43,48). The van der Waals surface area contributed by atoms with Gasteiger partial charge in [-0.05, 0) is 135 Å². The Balaban J connectivity index is 0.671. The summed E-state index contributed by atoms with van der Waals surface area (Å²) in [6.45, 7) is 11.6. The molecule has 2 saturated carbocycles. The third-order valence-electron chi connectivity index (χ3n) is 12.4. The Morgan fingerprint density at radius 1 is 0.560 bits per heavy atom. The molecule has 4 heterocycles. The Hall–Kier alpha value is -2.85. The van der Waals surface area contributed by atoms with Crippen molar-refractivity contribution in [3.63, 3.8) is 0 Å². The van der Waals surface area contributed by atoms with E-state index in [-0.39, 0.29) is 6.03 Å². The highest BCUT2D eigenvalue weighted by Gasteiger charge is 2.27. The van der Waals surface area contributed by atoms with Gasteiger partial charge in [-0.15, -0.1) is 22.7 Å². The fourth-order valence-corrected chi connectivity index (χ4v) is 11.1. The number of fused-ring (bicyclic) bond motifs is 2. The Bertz CT molecular complexity index is 1550. The lowest BCUT2D eigenvalue weighted by Crippen LogP contribution is -2.48. The molecule has 9 heteroatoms. The van der Waals surface area contributed by atoms with Gasteiger partial charge < -0.3 is 20.4 Å². The molecule has 0 atom stereocenters. The molecule has 50 heavy (non-hydrogen) atoms. The van der Waals surface area contributed by atoms with Gasteiger partial charge >= 0.3 is 6.03 Å². The summed E-state index contributed by atoms with van der Waals surface area (Å²) in [6.07, 6.45) is 12.1. The largest absolute Gasteiger partial charge is 0.368 e. The summed E-state index contributed by atoms with van der Waals surface area (Å²) >= 11 is 3.73. The monoisotopic (exact) mass is 712 g/mol. The summed E-state index contributed by atoms with van der Waals surface area (Å²) in [5.41, 5.74) is 2.83. The van der Waals surface area contributed by atoms with Gasteiger partial charge in [-0.25, -0.2) is 4.79 Å². The summed E-state index contributed by atoms with van der Waals surface area (Å²) < 4.78 is 2.87. The van der Waals surface area contributed by atoms with E-state index in [0.717, 1.165) is 89.9 Å². The van der Waals surface area contributed by atoms with E-state index in [1.165, 1.54) is 83.2 Å². The second-order valence-electron chi connectivity index (χ2n) is 15.5. The van der Waals surface area contributed by atoms with Gasteiger partial charge in [0.2, 0.25) is 0 Å². The number of hydrogen-bond acceptors (Lipinski definition) is 7. The third kappa shape index (κ3) is 8.27. The SMILES string of the molecule is O=C(NC1CCC(CCN2CCN(c3cccc4ccsc34)CC2)CC1)NC1CCC(CCN2CCN(c3cccc4ccsc34)CC2)CC1. The number of carbonyl (C=O) groups excluding carboxylic acids is 1. The molecule has 0 bridgehead atoms. The number of anilines is 2. The van der Waals surface area contributed by atoms with Crippen molar-refractivity contribution in [1.29, 1.82) is 0 Å². The van der Waals surface area contributed by atoms with Gasteiger partial charge in [-0.3, -0.25) is 9.80 Å². The smallest absolute Gasteiger partial charge is 0.315 e. The van der Waals surface area contributed by atoms with Gasteiger partial charge in [0, 0.05) is 64.4 Å². The molecular weight excluding hydrogens is 657 g/mol. The molecule has 2 N–H and O–H groups in total. The molecule has 2 aromatic heterocycles. The highest BCUT2D eigenvalue weighted by Crippen LogP contribution is 2.34. The van der Waals surface area contributed by atoms with Gasteiger partial charge in [0.15, 0.2) is 0 Å². The zero-order valence-electron chi connectivity index (χ0n) is 29.7. The van der Waals surface area contributed by atoms with Crippen LogP contribution in [0.4, 0.5) is 16.2 Å². The van der Waals surface area contributed by atoms with Gasteiger partial charge in [-0.2, -0.15) is 0 Å². The van der Waals surface area contributed by atoms with Gasteiger partial charge in [-0.1, -0.05) is 24.3 Å². The zero-order valence-corrected chi connectivity index (χ0v) is 31.4. The van der Waals surface area contributed by atoms with E-state index < -0.39 is 0 Å². The number of urea groups is 1. The van der Waals surface area contributed by atoms with Gasteiger partial charge in [0.1, 0.15) is 0 Å². The van der Waals surface area contributed by atoms with E-state index in [2.05, 4.69) is 89.5 Å². The van der Waals surface area contributed by atoms with Crippen molar-refractivity contribution < 1.29 is 4.79 Å². The van der Waals surface area contributed by atoms with Crippen LogP contribution in [0.15, 0.2) is 59.3 Å². The first-order chi connectivity index (χ1) is 24.6. The van der Waals surface area contributed by atoms with E-state index in [1.54, 1.807) is 0 Å². The van der Waals surface area contributed by atoms with Crippen molar-refractivity contribution >= 4 is 60.3 Å². The second kappa shape index (κ2) is 16.2. The topological polar surface area (TPSA) is 54.1 Å². The maximum Gasteiger partial charge on any atom is 0.315 e. The summed E-state index contributed by atoms with van der Waals surface area (Å²) in [5, 5.41) is 13.9. The quantitative estimate of drug-likeness (QED) is 0.174. The maximum atomic E-state index is 12.9. The molecule has 4 aliphatic rings. The predicted molar refractivity (Wildman–Crippen MR) is 213 cm³/mol. The van der Waals surface area contributed by atoms with Crippen LogP contribution in [-0.4, -0.2) is 93.4 Å². The molecule has 2 aliphatic carbocycles. The number of nitrogens with one attached hydrogen (secondary N) is 2. The van der Waals surface area contributed by atoms with E-state index in [0.29, 0.717) is 12.1 Å². The minimum Gasteiger partial charge on any atom is -0.368 e. The summed E-state index contributed by atoms with van der Waals surface area (Å²) in [7, 11) is 0. The average molecular weight is 713 g/mol. The van der Waals surface area contributed by atoms with Crippen LogP contribution in [0.3, 0.4) is 0 Å². The van der Waals surface area contributed by atoms with Crippen molar-refractivity contribution in [2.45, 2.75) is 76.3 Å². The van der Waals surface area contributed by atoms with Crippen LogP contribution in [0.2, 0.25) is 0 Å². The van der Waals surface area contributed by atoms with E-state index in [9.17, 15) is 4.79 Å². The molecule has 4 aromatic rings. The van der Waals surface area contributed by atoms with Crippen LogP contribution >= 0.6 is 22.7 Å². The molecule has 0 radical (unpaired) electrons. The zero-order chi connectivity index (χ0) is 33.7.